The number of rotatable bonds is 1. The number of amides is 1. The molecule has 6 heteroatoms. The minimum absolute atomic E-state index is 0. The Morgan fingerprint density at radius 3 is 2.87 bits per heavy atom. The van der Waals surface area contributed by atoms with E-state index in [-0.39, 0.29) is 24.4 Å². The van der Waals surface area contributed by atoms with Crippen LogP contribution in [0, 0.1) is 0 Å². The van der Waals surface area contributed by atoms with E-state index in [9.17, 15) is 4.79 Å². The highest BCUT2D eigenvalue weighted by atomic mass is 79.9. The number of nitrogens with zero attached hydrogens (tertiary/aromatic N) is 1. The van der Waals surface area contributed by atoms with Gasteiger partial charge in [-0.15, -0.1) is 23.7 Å². The summed E-state index contributed by atoms with van der Waals surface area (Å²) in [6.45, 7) is 1.47. The molecule has 1 aromatic heterocycles. The number of carbonyl (C=O) groups is 1. The minimum Gasteiger partial charge on any atom is -0.337 e. The molecule has 2 heterocycles. The van der Waals surface area contributed by atoms with Gasteiger partial charge >= 0.3 is 0 Å². The van der Waals surface area contributed by atoms with E-state index in [2.05, 4.69) is 15.9 Å². The van der Waals surface area contributed by atoms with Gasteiger partial charge in [-0.3, -0.25) is 4.79 Å². The van der Waals surface area contributed by atoms with Gasteiger partial charge in [-0.25, -0.2) is 0 Å². The largest absolute Gasteiger partial charge is 0.337 e. The molecule has 0 radical (unpaired) electrons. The van der Waals surface area contributed by atoms with Gasteiger partial charge in [-0.05, 0) is 28.4 Å². The van der Waals surface area contributed by atoms with Crippen LogP contribution in [0.15, 0.2) is 15.2 Å². The molecule has 3 nitrogen and oxygen atoms in total. The third-order valence-electron chi connectivity index (χ3n) is 2.33. The lowest BCUT2D eigenvalue weighted by Gasteiger charge is -2.14. The van der Waals surface area contributed by atoms with Crippen molar-refractivity contribution in [3.63, 3.8) is 0 Å². The molecular formula is C9H12BrClN2OS. The Balaban J connectivity index is 0.00000112. The van der Waals surface area contributed by atoms with Crippen molar-refractivity contribution >= 4 is 45.6 Å². The second kappa shape index (κ2) is 5.30. The Hall–Kier alpha value is -0.100. The summed E-state index contributed by atoms with van der Waals surface area (Å²) in [6, 6.07) is 2.01. The van der Waals surface area contributed by atoms with Crippen molar-refractivity contribution in [3.8, 4) is 0 Å². The number of hydrogen-bond donors (Lipinski definition) is 1. The molecule has 15 heavy (non-hydrogen) atoms. The molecule has 84 valence electrons. The lowest BCUT2D eigenvalue weighted by Crippen LogP contribution is -2.31. The quantitative estimate of drug-likeness (QED) is 0.863. The van der Waals surface area contributed by atoms with Gasteiger partial charge in [0.05, 0.1) is 9.35 Å². The normalized spacial score (nSPS) is 20.1. The van der Waals surface area contributed by atoms with Crippen molar-refractivity contribution in [1.29, 1.82) is 0 Å². The Morgan fingerprint density at radius 2 is 2.40 bits per heavy atom. The van der Waals surface area contributed by atoms with Crippen LogP contribution in [-0.4, -0.2) is 29.9 Å². The molecule has 1 aliphatic rings. The summed E-state index contributed by atoms with van der Waals surface area (Å²) in [7, 11) is 0. The zero-order valence-corrected chi connectivity index (χ0v) is 11.2. The van der Waals surface area contributed by atoms with E-state index in [0.29, 0.717) is 6.54 Å². The van der Waals surface area contributed by atoms with Crippen molar-refractivity contribution < 1.29 is 4.79 Å². The van der Waals surface area contributed by atoms with Crippen molar-refractivity contribution in [2.45, 2.75) is 12.5 Å². The minimum atomic E-state index is 0. The van der Waals surface area contributed by atoms with Crippen LogP contribution in [0.25, 0.3) is 0 Å². The summed E-state index contributed by atoms with van der Waals surface area (Å²) in [4.78, 5) is 13.7. The summed E-state index contributed by atoms with van der Waals surface area (Å²) < 4.78 is 0.990. The average Bonchev–Trinajstić information content (AvgIpc) is 2.73. The number of halogens is 2. The predicted octanol–water partition coefficient (Wildman–Crippen LogP) is 2.11. The number of thiophene rings is 1. The van der Waals surface area contributed by atoms with E-state index < -0.39 is 0 Å². The summed E-state index contributed by atoms with van der Waals surface area (Å²) in [5.74, 6) is 0.0971. The predicted molar refractivity (Wildman–Crippen MR) is 67.8 cm³/mol. The highest BCUT2D eigenvalue weighted by Crippen LogP contribution is 2.22. The van der Waals surface area contributed by atoms with Crippen molar-refractivity contribution in [2.75, 3.05) is 13.1 Å². The third kappa shape index (κ3) is 2.93. The van der Waals surface area contributed by atoms with Gasteiger partial charge in [0.15, 0.2) is 0 Å². The van der Waals surface area contributed by atoms with E-state index in [1.807, 2.05) is 16.3 Å². The van der Waals surface area contributed by atoms with Gasteiger partial charge in [-0.1, -0.05) is 0 Å². The van der Waals surface area contributed by atoms with E-state index in [4.69, 9.17) is 5.73 Å². The molecule has 0 spiro atoms. The van der Waals surface area contributed by atoms with Crippen LogP contribution in [0.3, 0.4) is 0 Å². The first kappa shape index (κ1) is 13.0. The van der Waals surface area contributed by atoms with E-state index in [1.54, 1.807) is 0 Å². The van der Waals surface area contributed by atoms with Crippen LogP contribution >= 0.6 is 39.7 Å². The number of carbonyl (C=O) groups excluding carboxylic acids is 1. The fourth-order valence-corrected chi connectivity index (χ4v) is 2.71. The number of likely N-dealkylation sites (tertiary alicyclic amines) is 1. The maximum absolute atomic E-state index is 11.9. The summed E-state index contributed by atoms with van der Waals surface area (Å²) >= 11 is 4.87. The van der Waals surface area contributed by atoms with Gasteiger partial charge in [0, 0.05) is 24.5 Å². The molecule has 0 aromatic carbocycles. The SMILES string of the molecule is Cl.N[C@@H]1CCN(C(=O)c2csc(Br)c2)C1. The molecule has 0 bridgehead atoms. The fourth-order valence-electron chi connectivity index (χ4n) is 1.58. The van der Waals surface area contributed by atoms with Gasteiger partial charge in [0.2, 0.25) is 0 Å². The Bertz CT molecular complexity index is 358. The van der Waals surface area contributed by atoms with Crippen molar-refractivity contribution in [3.05, 3.63) is 20.8 Å². The first-order chi connectivity index (χ1) is 6.66. The molecule has 1 saturated heterocycles. The third-order valence-corrected chi connectivity index (χ3v) is 3.83. The van der Waals surface area contributed by atoms with E-state index in [0.717, 1.165) is 22.3 Å². The van der Waals surface area contributed by atoms with Crippen LogP contribution in [0.4, 0.5) is 0 Å². The molecular weight excluding hydrogens is 300 g/mol. The average molecular weight is 312 g/mol. The van der Waals surface area contributed by atoms with Gasteiger partial charge in [0.25, 0.3) is 5.91 Å². The van der Waals surface area contributed by atoms with Crippen LogP contribution in [-0.2, 0) is 0 Å². The Kier molecular flexibility index (Phi) is 4.58. The maximum Gasteiger partial charge on any atom is 0.254 e. The van der Waals surface area contributed by atoms with Crippen LogP contribution in [0.2, 0.25) is 0 Å². The fraction of sp³-hybridized carbons (Fsp3) is 0.444. The molecule has 2 rings (SSSR count). The van der Waals surface area contributed by atoms with Crippen LogP contribution in [0.5, 0.6) is 0 Å². The molecule has 0 unspecified atom stereocenters. The van der Waals surface area contributed by atoms with Crippen molar-refractivity contribution in [1.82, 2.24) is 4.90 Å². The number of nitrogens with two attached hydrogens (primary N) is 1. The second-order valence-electron chi connectivity index (χ2n) is 3.44. The standard InChI is InChI=1S/C9H11BrN2OS.ClH/c10-8-3-6(5-14-8)9(13)12-2-1-7(11)4-12;/h3,5,7H,1-2,4,11H2;1H/t7-;/m1./s1. The molecule has 2 N–H and O–H groups in total. The highest BCUT2D eigenvalue weighted by Gasteiger charge is 2.24. The molecule has 1 fully saturated rings. The monoisotopic (exact) mass is 310 g/mol. The molecule has 1 amide bonds. The van der Waals surface area contributed by atoms with E-state index >= 15 is 0 Å². The summed E-state index contributed by atoms with van der Waals surface area (Å²) in [6.07, 6.45) is 0.914. The van der Waals surface area contributed by atoms with Crippen molar-refractivity contribution in [2.24, 2.45) is 5.73 Å². The molecule has 0 aliphatic carbocycles. The highest BCUT2D eigenvalue weighted by molar-refractivity contribution is 9.11. The second-order valence-corrected chi connectivity index (χ2v) is 5.73. The van der Waals surface area contributed by atoms with E-state index in [1.165, 1.54) is 11.3 Å². The van der Waals surface area contributed by atoms with Gasteiger partial charge in [-0.2, -0.15) is 0 Å². The summed E-state index contributed by atoms with van der Waals surface area (Å²) in [5, 5.41) is 1.87. The van der Waals surface area contributed by atoms with Crippen LogP contribution in [0.1, 0.15) is 16.8 Å². The van der Waals surface area contributed by atoms with Gasteiger partial charge < -0.3 is 10.6 Å². The topological polar surface area (TPSA) is 46.3 Å². The molecule has 1 aliphatic heterocycles. The molecule has 1 aromatic rings. The Labute approximate surface area is 107 Å². The zero-order valence-electron chi connectivity index (χ0n) is 7.98. The Morgan fingerprint density at radius 1 is 1.67 bits per heavy atom. The zero-order chi connectivity index (χ0) is 10.1. The molecule has 1 atom stereocenters. The van der Waals surface area contributed by atoms with Gasteiger partial charge in [0.1, 0.15) is 0 Å². The van der Waals surface area contributed by atoms with Crippen LogP contribution < -0.4 is 5.73 Å². The first-order valence-electron chi connectivity index (χ1n) is 4.45. The smallest absolute Gasteiger partial charge is 0.254 e. The number of hydrogen-bond acceptors (Lipinski definition) is 3. The maximum atomic E-state index is 11.9. The first-order valence-corrected chi connectivity index (χ1v) is 6.13. The molecule has 0 saturated carbocycles. The lowest BCUT2D eigenvalue weighted by atomic mass is 10.3. The lowest BCUT2D eigenvalue weighted by molar-refractivity contribution is 0.0791. The summed E-state index contributed by atoms with van der Waals surface area (Å²) in [5.41, 5.74) is 6.51.